The molecular formula is C11H11F3N2OS. The molecule has 3 nitrogen and oxygen atoms in total. The van der Waals surface area contributed by atoms with Crippen molar-refractivity contribution in [3.8, 4) is 5.75 Å². The normalized spacial score (nSPS) is 16.1. The summed E-state index contributed by atoms with van der Waals surface area (Å²) in [6, 6.07) is 5.59. The van der Waals surface area contributed by atoms with Crippen molar-refractivity contribution in [3.63, 3.8) is 0 Å². The maximum Gasteiger partial charge on any atom is 0.573 e. The summed E-state index contributed by atoms with van der Waals surface area (Å²) in [6.45, 7) is 0.782. The number of nitrogens with zero attached hydrogens (tertiary/aromatic N) is 1. The predicted octanol–water partition coefficient (Wildman–Crippen LogP) is 3.49. The summed E-state index contributed by atoms with van der Waals surface area (Å²) in [5.41, 5.74) is 0.692. The number of benzene rings is 1. The summed E-state index contributed by atoms with van der Waals surface area (Å²) in [6.07, 6.45) is -3.60. The van der Waals surface area contributed by atoms with Crippen LogP contribution >= 0.6 is 11.8 Å². The Morgan fingerprint density at radius 1 is 1.22 bits per heavy atom. The average molecular weight is 276 g/mol. The zero-order valence-corrected chi connectivity index (χ0v) is 10.1. The highest BCUT2D eigenvalue weighted by atomic mass is 32.2. The van der Waals surface area contributed by atoms with E-state index in [1.807, 2.05) is 0 Å². The number of nitrogens with one attached hydrogen (secondary N) is 1. The van der Waals surface area contributed by atoms with Gasteiger partial charge < -0.3 is 10.1 Å². The van der Waals surface area contributed by atoms with Gasteiger partial charge in [-0.15, -0.1) is 13.2 Å². The van der Waals surface area contributed by atoms with Crippen LogP contribution in [0.15, 0.2) is 29.3 Å². The smallest absolute Gasteiger partial charge is 0.406 e. The molecule has 0 radical (unpaired) electrons. The van der Waals surface area contributed by atoms with Gasteiger partial charge in [-0.05, 0) is 30.7 Å². The lowest BCUT2D eigenvalue weighted by Gasteiger charge is -2.14. The first kappa shape index (κ1) is 13.1. The lowest BCUT2D eigenvalue weighted by molar-refractivity contribution is -0.274. The predicted molar refractivity (Wildman–Crippen MR) is 66.1 cm³/mol. The highest BCUT2D eigenvalue weighted by Gasteiger charge is 2.30. The molecular weight excluding hydrogens is 265 g/mol. The largest absolute Gasteiger partial charge is 0.573 e. The van der Waals surface area contributed by atoms with E-state index in [1.165, 1.54) is 24.3 Å². The zero-order valence-electron chi connectivity index (χ0n) is 9.33. The number of ether oxygens (including phenoxy) is 1. The minimum absolute atomic E-state index is 0.230. The zero-order chi connectivity index (χ0) is 13.0. The molecule has 1 aromatic rings. The van der Waals surface area contributed by atoms with Gasteiger partial charge in [-0.3, -0.25) is 4.99 Å². The van der Waals surface area contributed by atoms with Crippen molar-refractivity contribution < 1.29 is 17.9 Å². The maximum atomic E-state index is 12.0. The Morgan fingerprint density at radius 3 is 2.50 bits per heavy atom. The third kappa shape index (κ3) is 4.14. The molecule has 1 N–H and O–H groups in total. The number of amidine groups is 1. The molecule has 2 rings (SSSR count). The topological polar surface area (TPSA) is 33.6 Å². The number of anilines is 1. The summed E-state index contributed by atoms with van der Waals surface area (Å²) in [5.74, 6) is 0.771. The first-order valence-corrected chi connectivity index (χ1v) is 6.31. The summed E-state index contributed by atoms with van der Waals surface area (Å²) >= 11 is 1.60. The van der Waals surface area contributed by atoms with Gasteiger partial charge in [0.05, 0.1) is 0 Å². The van der Waals surface area contributed by atoms with Crippen LogP contribution in [0.2, 0.25) is 0 Å². The number of aliphatic imine (C=N–C) groups is 1. The van der Waals surface area contributed by atoms with Gasteiger partial charge in [0.25, 0.3) is 0 Å². The number of hydrogen-bond acceptors (Lipinski definition) is 4. The van der Waals surface area contributed by atoms with Crippen LogP contribution in [0.4, 0.5) is 18.9 Å². The van der Waals surface area contributed by atoms with E-state index >= 15 is 0 Å². The summed E-state index contributed by atoms with van der Waals surface area (Å²) in [5, 5.41) is 3.84. The number of rotatable bonds is 2. The van der Waals surface area contributed by atoms with Gasteiger partial charge in [-0.1, -0.05) is 11.8 Å². The van der Waals surface area contributed by atoms with Crippen LogP contribution in [-0.4, -0.2) is 23.8 Å². The molecule has 1 aliphatic heterocycles. The van der Waals surface area contributed by atoms with Crippen LogP contribution in [0.3, 0.4) is 0 Å². The minimum atomic E-state index is -4.65. The van der Waals surface area contributed by atoms with Crippen LogP contribution in [0.1, 0.15) is 6.42 Å². The van der Waals surface area contributed by atoms with E-state index in [0.29, 0.717) is 5.69 Å². The van der Waals surface area contributed by atoms with Gasteiger partial charge in [0.15, 0.2) is 5.17 Å². The fourth-order valence-corrected chi connectivity index (χ4v) is 2.24. The Morgan fingerprint density at radius 2 is 1.94 bits per heavy atom. The summed E-state index contributed by atoms with van der Waals surface area (Å²) in [7, 11) is 0. The van der Waals surface area contributed by atoms with Gasteiger partial charge in [-0.25, -0.2) is 0 Å². The van der Waals surface area contributed by atoms with Gasteiger partial charge in [0, 0.05) is 18.0 Å². The van der Waals surface area contributed by atoms with Crippen LogP contribution < -0.4 is 10.1 Å². The molecule has 0 unspecified atom stereocenters. The number of halogens is 3. The lowest BCUT2D eigenvalue weighted by atomic mass is 10.3. The molecule has 0 saturated carbocycles. The highest BCUT2D eigenvalue weighted by Crippen LogP contribution is 2.24. The number of hydrogen-bond donors (Lipinski definition) is 1. The molecule has 18 heavy (non-hydrogen) atoms. The van der Waals surface area contributed by atoms with E-state index in [4.69, 9.17) is 0 Å². The molecule has 0 aliphatic carbocycles. The second-order valence-corrected chi connectivity index (χ2v) is 4.67. The molecule has 1 aromatic carbocycles. The Bertz CT molecular complexity index is 431. The van der Waals surface area contributed by atoms with Crippen molar-refractivity contribution in [2.45, 2.75) is 12.8 Å². The minimum Gasteiger partial charge on any atom is -0.406 e. The summed E-state index contributed by atoms with van der Waals surface area (Å²) < 4.78 is 39.6. The van der Waals surface area contributed by atoms with Crippen molar-refractivity contribution in [2.24, 2.45) is 4.99 Å². The molecule has 1 heterocycles. The Balaban J connectivity index is 1.97. The van der Waals surface area contributed by atoms with Crippen molar-refractivity contribution in [3.05, 3.63) is 24.3 Å². The first-order valence-electron chi connectivity index (χ1n) is 5.33. The van der Waals surface area contributed by atoms with E-state index in [1.54, 1.807) is 11.8 Å². The third-order valence-corrected chi connectivity index (χ3v) is 3.13. The molecule has 7 heteroatoms. The van der Waals surface area contributed by atoms with Crippen LogP contribution in [0, 0.1) is 0 Å². The second-order valence-electron chi connectivity index (χ2n) is 3.59. The quantitative estimate of drug-likeness (QED) is 0.897. The number of thioether (sulfide) groups is 1. The van der Waals surface area contributed by atoms with E-state index in [0.717, 1.165) is 23.9 Å². The van der Waals surface area contributed by atoms with Gasteiger partial charge in [-0.2, -0.15) is 0 Å². The molecule has 98 valence electrons. The molecule has 0 atom stereocenters. The highest BCUT2D eigenvalue weighted by molar-refractivity contribution is 8.14. The fourth-order valence-electron chi connectivity index (χ4n) is 1.40. The van der Waals surface area contributed by atoms with E-state index < -0.39 is 6.36 Å². The average Bonchev–Trinajstić information content (AvgIpc) is 2.31. The van der Waals surface area contributed by atoms with Crippen molar-refractivity contribution in [1.29, 1.82) is 0 Å². The molecule has 0 spiro atoms. The Labute approximate surface area is 106 Å². The SMILES string of the molecule is FC(F)(F)Oc1ccc(NC2=NCCCS2)cc1. The maximum absolute atomic E-state index is 12.0. The molecule has 0 amide bonds. The Hall–Kier alpha value is -1.37. The van der Waals surface area contributed by atoms with Crippen molar-refractivity contribution in [1.82, 2.24) is 0 Å². The molecule has 1 aliphatic rings. The second kappa shape index (κ2) is 5.51. The lowest BCUT2D eigenvalue weighted by Crippen LogP contribution is -2.17. The van der Waals surface area contributed by atoms with Crippen molar-refractivity contribution in [2.75, 3.05) is 17.6 Å². The summed E-state index contributed by atoms with van der Waals surface area (Å²) in [4.78, 5) is 4.26. The van der Waals surface area contributed by atoms with Crippen LogP contribution in [-0.2, 0) is 0 Å². The third-order valence-electron chi connectivity index (χ3n) is 2.14. The monoisotopic (exact) mass is 276 g/mol. The van der Waals surface area contributed by atoms with Crippen molar-refractivity contribution >= 4 is 22.6 Å². The standard InChI is InChI=1S/C11H11F3N2OS/c12-11(13,14)17-9-4-2-8(3-5-9)16-10-15-6-1-7-18-10/h2-5H,1,6-7H2,(H,15,16). The Kier molecular flexibility index (Phi) is 4.00. The molecule has 0 fully saturated rings. The van der Waals surface area contributed by atoms with Gasteiger partial charge in [0.2, 0.25) is 0 Å². The van der Waals surface area contributed by atoms with E-state index in [9.17, 15) is 13.2 Å². The molecule has 0 saturated heterocycles. The van der Waals surface area contributed by atoms with E-state index in [-0.39, 0.29) is 5.75 Å². The van der Waals surface area contributed by atoms with E-state index in [2.05, 4.69) is 15.0 Å². The van der Waals surface area contributed by atoms with Gasteiger partial charge >= 0.3 is 6.36 Å². The van der Waals surface area contributed by atoms with Gasteiger partial charge in [0.1, 0.15) is 5.75 Å². The molecule has 0 bridgehead atoms. The van der Waals surface area contributed by atoms with Crippen LogP contribution in [0.25, 0.3) is 0 Å². The fraction of sp³-hybridized carbons (Fsp3) is 0.364. The number of alkyl halides is 3. The molecule has 0 aromatic heterocycles. The first-order chi connectivity index (χ1) is 8.53. The van der Waals surface area contributed by atoms with Crippen LogP contribution in [0.5, 0.6) is 5.75 Å².